The van der Waals surface area contributed by atoms with Gasteiger partial charge in [-0.15, -0.1) is 0 Å². The van der Waals surface area contributed by atoms with Crippen molar-refractivity contribution in [1.82, 2.24) is 44.5 Å². The van der Waals surface area contributed by atoms with E-state index in [9.17, 15) is 24.0 Å². The standard InChI is InChI=1S/C42H41F2N11O5/c1-22(2)54-23(3)47-37-30(43)14-25(15-33(37)54)36-31(44)18-46-42(50-36)48-34-8-4-24(17-45-34)19-51-10-12-52(13-11-51)39(58)26-20-53(21-26)27-5-6-28-29(16-27)41(60)55(40(28)59)32-7-9-35(56)49-38(32)57/h4-6,8,14-18,22,26,32H,7,9-13,19-21H2,1-3H3,(H,49,56,57)(H,45,46,48,50). The highest BCUT2D eigenvalue weighted by Crippen LogP contribution is 2.34. The predicted molar refractivity (Wildman–Crippen MR) is 214 cm³/mol. The quantitative estimate of drug-likeness (QED) is 0.205. The molecule has 2 aromatic carbocycles. The Morgan fingerprint density at radius 2 is 1.67 bits per heavy atom. The van der Waals surface area contributed by atoms with E-state index in [1.807, 2.05) is 34.3 Å². The second-order valence-corrected chi connectivity index (χ2v) is 15.9. The topological polar surface area (TPSA) is 179 Å². The molecule has 0 bridgehead atoms. The molecule has 3 fully saturated rings. The molecular weight excluding hydrogens is 777 g/mol. The van der Waals surface area contributed by atoms with Gasteiger partial charge in [-0.2, -0.15) is 0 Å². The summed E-state index contributed by atoms with van der Waals surface area (Å²) in [7, 11) is 0. The first-order valence-electron chi connectivity index (χ1n) is 19.9. The van der Waals surface area contributed by atoms with Crippen LogP contribution in [0.2, 0.25) is 0 Å². The van der Waals surface area contributed by atoms with Crippen LogP contribution in [0.5, 0.6) is 0 Å². The summed E-state index contributed by atoms with van der Waals surface area (Å²) in [4.78, 5) is 88.1. The number of aryl methyl sites for hydroxylation is 1. The molecule has 9 rings (SSSR count). The third kappa shape index (κ3) is 6.99. The summed E-state index contributed by atoms with van der Waals surface area (Å²) in [6.45, 7) is 9.85. The van der Waals surface area contributed by atoms with Crippen molar-refractivity contribution in [2.24, 2.45) is 5.92 Å². The number of halogens is 2. The van der Waals surface area contributed by atoms with Crippen LogP contribution in [0.3, 0.4) is 0 Å². The third-order valence-corrected chi connectivity index (χ3v) is 11.6. The molecule has 3 aromatic heterocycles. The highest BCUT2D eigenvalue weighted by atomic mass is 19.1. The first kappa shape index (κ1) is 38.8. The molecule has 308 valence electrons. The van der Waals surface area contributed by atoms with E-state index in [-0.39, 0.29) is 64.6 Å². The van der Waals surface area contributed by atoms with Crippen LogP contribution in [-0.2, 0) is 20.9 Å². The summed E-state index contributed by atoms with van der Waals surface area (Å²) < 4.78 is 32.1. The van der Waals surface area contributed by atoms with Crippen molar-refractivity contribution in [2.45, 2.75) is 52.2 Å². The summed E-state index contributed by atoms with van der Waals surface area (Å²) in [6, 6.07) is 10.6. The molecule has 16 nitrogen and oxygen atoms in total. The van der Waals surface area contributed by atoms with Crippen LogP contribution < -0.4 is 15.5 Å². The number of benzene rings is 2. The highest BCUT2D eigenvalue weighted by molar-refractivity contribution is 6.23. The fourth-order valence-electron chi connectivity index (χ4n) is 8.54. The number of carbonyl (C=O) groups is 5. The average molecular weight is 818 g/mol. The SMILES string of the molecule is Cc1nc2c(F)cc(-c3nc(Nc4ccc(CN5CCN(C(=O)C6CN(c7ccc8c(c7)C(=O)N(C7CCC(=O)NC7=O)C8=O)C6)CC5)cn4)ncc3F)cc2n1C(C)C. The lowest BCUT2D eigenvalue weighted by molar-refractivity contribution is -0.138. The van der Waals surface area contributed by atoms with Gasteiger partial charge in [0.2, 0.25) is 23.7 Å². The van der Waals surface area contributed by atoms with Gasteiger partial charge in [-0.25, -0.2) is 28.7 Å². The molecule has 4 aliphatic heterocycles. The molecule has 0 spiro atoms. The molecule has 1 atom stereocenters. The summed E-state index contributed by atoms with van der Waals surface area (Å²) >= 11 is 0. The Morgan fingerprint density at radius 1 is 0.900 bits per heavy atom. The van der Waals surface area contributed by atoms with Crippen LogP contribution in [-0.4, -0.2) is 114 Å². The van der Waals surface area contributed by atoms with Gasteiger partial charge in [-0.3, -0.25) is 39.1 Å². The van der Waals surface area contributed by atoms with Gasteiger partial charge < -0.3 is 19.7 Å². The molecule has 1 unspecified atom stereocenters. The predicted octanol–water partition coefficient (Wildman–Crippen LogP) is 3.98. The fraction of sp³-hybridized carbons (Fsp3) is 0.357. The zero-order valence-corrected chi connectivity index (χ0v) is 33.1. The summed E-state index contributed by atoms with van der Waals surface area (Å²) in [5.41, 5.74) is 3.09. The number of pyridine rings is 1. The minimum absolute atomic E-state index is 0.0202. The minimum Gasteiger partial charge on any atom is -0.370 e. The maximum Gasteiger partial charge on any atom is 0.262 e. The average Bonchev–Trinajstić information content (AvgIpc) is 3.68. The van der Waals surface area contributed by atoms with Crippen molar-refractivity contribution < 1.29 is 32.8 Å². The van der Waals surface area contributed by atoms with Crippen molar-refractivity contribution in [3.8, 4) is 11.3 Å². The molecule has 3 saturated heterocycles. The van der Waals surface area contributed by atoms with Gasteiger partial charge >= 0.3 is 0 Å². The Hall–Kier alpha value is -6.69. The fourth-order valence-corrected chi connectivity index (χ4v) is 8.54. The number of aromatic nitrogens is 5. The van der Waals surface area contributed by atoms with Crippen LogP contribution in [0.25, 0.3) is 22.3 Å². The number of piperidine rings is 1. The van der Waals surface area contributed by atoms with Crippen LogP contribution in [0.4, 0.5) is 26.2 Å². The largest absolute Gasteiger partial charge is 0.370 e. The number of nitrogens with one attached hydrogen (secondary N) is 2. The van der Waals surface area contributed by atoms with Crippen LogP contribution in [0.1, 0.15) is 64.8 Å². The Morgan fingerprint density at radius 3 is 2.38 bits per heavy atom. The lowest BCUT2D eigenvalue weighted by Gasteiger charge is -2.44. The normalized spacial score (nSPS) is 18.7. The molecule has 0 radical (unpaired) electrons. The van der Waals surface area contributed by atoms with Crippen molar-refractivity contribution in [2.75, 3.05) is 49.5 Å². The maximum absolute atomic E-state index is 15.1. The highest BCUT2D eigenvalue weighted by Gasteiger charge is 2.45. The Balaban J connectivity index is 0.764. The van der Waals surface area contributed by atoms with E-state index in [4.69, 9.17) is 0 Å². The van der Waals surface area contributed by atoms with Gasteiger partial charge in [0, 0.05) is 75.7 Å². The zero-order valence-electron chi connectivity index (χ0n) is 33.1. The number of piperazine rings is 1. The maximum atomic E-state index is 15.1. The monoisotopic (exact) mass is 817 g/mol. The van der Waals surface area contributed by atoms with Gasteiger partial charge in [-0.1, -0.05) is 6.07 Å². The molecule has 7 heterocycles. The summed E-state index contributed by atoms with van der Waals surface area (Å²) in [6.07, 6.45) is 2.92. The molecule has 2 N–H and O–H groups in total. The first-order valence-corrected chi connectivity index (χ1v) is 19.9. The lowest BCUT2D eigenvalue weighted by atomic mass is 9.96. The van der Waals surface area contributed by atoms with E-state index in [0.29, 0.717) is 63.0 Å². The van der Waals surface area contributed by atoms with Crippen molar-refractivity contribution in [3.63, 3.8) is 0 Å². The molecule has 5 aromatic rings. The van der Waals surface area contributed by atoms with E-state index in [0.717, 1.165) is 22.3 Å². The van der Waals surface area contributed by atoms with Gasteiger partial charge in [0.25, 0.3) is 11.8 Å². The van der Waals surface area contributed by atoms with Crippen LogP contribution in [0.15, 0.2) is 54.9 Å². The Labute approximate surface area is 342 Å². The summed E-state index contributed by atoms with van der Waals surface area (Å²) in [5.74, 6) is -2.37. The molecule has 0 aliphatic carbocycles. The van der Waals surface area contributed by atoms with E-state index >= 15 is 8.78 Å². The number of anilines is 3. The molecule has 4 aliphatic rings. The van der Waals surface area contributed by atoms with Gasteiger partial charge in [-0.05, 0) is 69.2 Å². The van der Waals surface area contributed by atoms with Crippen molar-refractivity contribution in [1.29, 1.82) is 0 Å². The number of nitrogens with zero attached hydrogens (tertiary/aromatic N) is 9. The summed E-state index contributed by atoms with van der Waals surface area (Å²) in [5, 5.41) is 5.22. The molecule has 18 heteroatoms. The van der Waals surface area contributed by atoms with E-state index < -0.39 is 41.3 Å². The number of rotatable bonds is 9. The second kappa shape index (κ2) is 15.2. The van der Waals surface area contributed by atoms with E-state index in [1.165, 1.54) is 6.07 Å². The zero-order chi connectivity index (χ0) is 42.0. The molecule has 60 heavy (non-hydrogen) atoms. The lowest BCUT2D eigenvalue weighted by Crippen LogP contribution is -2.58. The van der Waals surface area contributed by atoms with Crippen molar-refractivity contribution in [3.05, 3.63) is 89.0 Å². The second-order valence-electron chi connectivity index (χ2n) is 15.9. The van der Waals surface area contributed by atoms with E-state index in [2.05, 4.69) is 35.5 Å². The van der Waals surface area contributed by atoms with Gasteiger partial charge in [0.05, 0.1) is 28.8 Å². The first-order chi connectivity index (χ1) is 28.8. The van der Waals surface area contributed by atoms with Crippen molar-refractivity contribution >= 4 is 58.0 Å². The van der Waals surface area contributed by atoms with E-state index in [1.54, 1.807) is 43.5 Å². The number of hydrogen-bond acceptors (Lipinski definition) is 12. The molecular formula is C42H41F2N11O5. The number of imidazole rings is 1. The number of carbonyl (C=O) groups excluding carboxylic acids is 5. The molecule has 5 amide bonds. The smallest absolute Gasteiger partial charge is 0.262 e. The number of hydrogen-bond donors (Lipinski definition) is 2. The van der Waals surface area contributed by atoms with Gasteiger partial charge in [0.15, 0.2) is 11.6 Å². The van der Waals surface area contributed by atoms with Crippen LogP contribution >= 0.6 is 0 Å². The Bertz CT molecular complexity index is 2600. The van der Waals surface area contributed by atoms with Crippen LogP contribution in [0, 0.1) is 24.5 Å². The number of imide groups is 2. The molecule has 0 saturated carbocycles. The van der Waals surface area contributed by atoms with Gasteiger partial charge in [0.1, 0.15) is 28.9 Å². The third-order valence-electron chi connectivity index (χ3n) is 11.6. The number of fused-ring (bicyclic) bond motifs is 2. The minimum atomic E-state index is -1.03. The Kier molecular flexibility index (Phi) is 9.81. The number of amides is 5.